The fourth-order valence-corrected chi connectivity index (χ4v) is 5.69. The number of halogens is 1. The second-order valence-electron chi connectivity index (χ2n) is 9.34. The van der Waals surface area contributed by atoms with E-state index in [1.807, 2.05) is 13.0 Å². The quantitative estimate of drug-likeness (QED) is 0.696. The Hall–Kier alpha value is -1.93. The summed E-state index contributed by atoms with van der Waals surface area (Å²) in [7, 11) is 0. The van der Waals surface area contributed by atoms with Crippen molar-refractivity contribution in [1.29, 1.82) is 0 Å². The van der Waals surface area contributed by atoms with Gasteiger partial charge in [0, 0.05) is 30.1 Å². The number of nitrogens with zero attached hydrogens (tertiary/aromatic N) is 3. The topological polar surface area (TPSA) is 93.7 Å². The van der Waals surface area contributed by atoms with Crippen LogP contribution in [0.4, 0.5) is 5.82 Å². The number of anilines is 1. The first kappa shape index (κ1) is 24.2. The van der Waals surface area contributed by atoms with Crippen molar-refractivity contribution in [3.05, 3.63) is 34.1 Å². The lowest BCUT2D eigenvalue weighted by Crippen LogP contribution is -2.51. The number of fused-ring (bicyclic) bond motifs is 1. The lowest BCUT2D eigenvalue weighted by Gasteiger charge is -2.42. The van der Waals surface area contributed by atoms with Crippen molar-refractivity contribution in [3.8, 4) is 17.0 Å². The van der Waals surface area contributed by atoms with Gasteiger partial charge in [-0.2, -0.15) is 0 Å². The van der Waals surface area contributed by atoms with Gasteiger partial charge in [0.05, 0.1) is 42.3 Å². The van der Waals surface area contributed by atoms with Gasteiger partial charge < -0.3 is 25.2 Å². The molecule has 0 radical (unpaired) electrons. The van der Waals surface area contributed by atoms with E-state index in [1.165, 1.54) is 0 Å². The number of ether oxygens (including phenoxy) is 2. The minimum atomic E-state index is -0.185. The molecule has 1 spiro atoms. The highest BCUT2D eigenvalue weighted by atomic mass is 35.5. The number of hydrogen-bond acceptors (Lipinski definition) is 7. The maximum absolute atomic E-state index is 10.1. The van der Waals surface area contributed by atoms with Crippen molar-refractivity contribution < 1.29 is 14.6 Å². The molecule has 2 saturated heterocycles. The molecule has 3 N–H and O–H groups in total. The van der Waals surface area contributed by atoms with E-state index >= 15 is 0 Å². The SMILES string of the molecule is C.Cc1nc(N2CCC3(CC2)CO[C@@H](C)[C@H]3N)c(CO)nc1-c1ccc2c(c1Cl)OCCC2. The van der Waals surface area contributed by atoms with Crippen LogP contribution in [0.2, 0.25) is 5.02 Å². The van der Waals surface area contributed by atoms with Gasteiger partial charge in [0.1, 0.15) is 11.4 Å². The molecule has 1 aromatic carbocycles. The average molecular weight is 475 g/mol. The normalized spacial score (nSPS) is 23.7. The van der Waals surface area contributed by atoms with Crippen molar-refractivity contribution >= 4 is 17.4 Å². The number of hydrogen-bond donors (Lipinski definition) is 2. The molecule has 4 heterocycles. The molecule has 180 valence electrons. The summed E-state index contributed by atoms with van der Waals surface area (Å²) in [4.78, 5) is 11.9. The molecule has 8 heteroatoms. The predicted molar refractivity (Wildman–Crippen MR) is 131 cm³/mol. The molecule has 1 aromatic heterocycles. The van der Waals surface area contributed by atoms with Crippen LogP contribution in [0.15, 0.2) is 12.1 Å². The van der Waals surface area contributed by atoms with E-state index in [2.05, 4.69) is 17.9 Å². The van der Waals surface area contributed by atoms with Crippen LogP contribution in [0.25, 0.3) is 11.3 Å². The maximum Gasteiger partial charge on any atom is 0.153 e. The number of aromatic nitrogens is 2. The number of piperidine rings is 1. The molecule has 3 aliphatic rings. The molecular weight excluding hydrogens is 440 g/mol. The molecule has 2 aromatic rings. The largest absolute Gasteiger partial charge is 0.492 e. The van der Waals surface area contributed by atoms with Crippen LogP contribution in [0, 0.1) is 12.3 Å². The lowest BCUT2D eigenvalue weighted by atomic mass is 9.73. The standard InChI is InChI=1S/C24H31ClN4O3.CH4/c1-14-20(17-6-5-16-4-3-11-31-21(16)19(17)25)28-18(12-30)23(27-14)29-9-7-24(8-10-29)13-32-15(2)22(24)26;/h5-6,15,22,30H,3-4,7-13,26H2,1-2H3;1H4/t15-,22+;/m0./s1. The molecule has 2 atom stereocenters. The van der Waals surface area contributed by atoms with Crippen LogP contribution in [0.5, 0.6) is 5.75 Å². The van der Waals surface area contributed by atoms with Crippen molar-refractivity contribution in [2.75, 3.05) is 31.2 Å². The molecule has 3 aliphatic heterocycles. The van der Waals surface area contributed by atoms with Crippen LogP contribution in [0.1, 0.15) is 50.6 Å². The molecule has 33 heavy (non-hydrogen) atoms. The third kappa shape index (κ3) is 4.09. The molecule has 2 fully saturated rings. The number of aliphatic hydroxyl groups excluding tert-OH is 1. The van der Waals surface area contributed by atoms with Crippen molar-refractivity contribution in [2.45, 2.75) is 65.7 Å². The van der Waals surface area contributed by atoms with Gasteiger partial charge in [0.15, 0.2) is 5.82 Å². The molecule has 7 nitrogen and oxygen atoms in total. The zero-order chi connectivity index (χ0) is 22.5. The number of aliphatic hydroxyl groups is 1. The van der Waals surface area contributed by atoms with Crippen molar-refractivity contribution in [3.63, 3.8) is 0 Å². The number of aryl methyl sites for hydroxylation is 2. The van der Waals surface area contributed by atoms with E-state index in [9.17, 15) is 5.11 Å². The van der Waals surface area contributed by atoms with Crippen molar-refractivity contribution in [1.82, 2.24) is 9.97 Å². The highest BCUT2D eigenvalue weighted by Gasteiger charge is 2.47. The minimum Gasteiger partial charge on any atom is -0.492 e. The Bertz CT molecular complexity index is 1020. The third-order valence-electron chi connectivity index (χ3n) is 7.45. The minimum absolute atomic E-state index is 0. The highest BCUT2D eigenvalue weighted by Crippen LogP contribution is 2.43. The number of benzene rings is 1. The van der Waals surface area contributed by atoms with Crippen LogP contribution in [-0.4, -0.2) is 53.5 Å². The van der Waals surface area contributed by atoms with Crippen LogP contribution in [-0.2, 0) is 17.8 Å². The Morgan fingerprint density at radius 2 is 2.03 bits per heavy atom. The monoisotopic (exact) mass is 474 g/mol. The summed E-state index contributed by atoms with van der Waals surface area (Å²) in [5, 5.41) is 10.7. The van der Waals surface area contributed by atoms with E-state index in [0.717, 1.165) is 73.8 Å². The molecule has 0 unspecified atom stereocenters. The first-order valence-electron chi connectivity index (χ1n) is 11.5. The second kappa shape index (κ2) is 9.37. The van der Waals surface area contributed by atoms with Gasteiger partial charge in [-0.1, -0.05) is 31.2 Å². The molecule has 0 amide bonds. The summed E-state index contributed by atoms with van der Waals surface area (Å²) >= 11 is 6.72. The van der Waals surface area contributed by atoms with Crippen molar-refractivity contribution in [2.24, 2.45) is 11.1 Å². The first-order chi connectivity index (χ1) is 15.4. The zero-order valence-corrected chi connectivity index (χ0v) is 19.5. The fraction of sp³-hybridized carbons (Fsp3) is 0.600. The van der Waals surface area contributed by atoms with E-state index in [0.29, 0.717) is 23.0 Å². The molecule has 0 bridgehead atoms. The summed E-state index contributed by atoms with van der Waals surface area (Å²) in [5.41, 5.74) is 10.5. The summed E-state index contributed by atoms with van der Waals surface area (Å²) in [6, 6.07) is 4.10. The zero-order valence-electron chi connectivity index (χ0n) is 18.7. The van der Waals surface area contributed by atoms with Gasteiger partial charge in [-0.15, -0.1) is 0 Å². The van der Waals surface area contributed by atoms with E-state index in [4.69, 9.17) is 36.8 Å². The van der Waals surface area contributed by atoms with Gasteiger partial charge in [-0.25, -0.2) is 9.97 Å². The summed E-state index contributed by atoms with van der Waals surface area (Å²) < 4.78 is 11.7. The van der Waals surface area contributed by atoms with Gasteiger partial charge in [0.25, 0.3) is 0 Å². The number of nitrogens with two attached hydrogens (primary N) is 1. The van der Waals surface area contributed by atoms with E-state index < -0.39 is 0 Å². The Balaban J connectivity index is 0.00000259. The second-order valence-corrected chi connectivity index (χ2v) is 9.72. The molecular formula is C25H35ClN4O3. The van der Waals surface area contributed by atoms with Gasteiger partial charge in [0.2, 0.25) is 0 Å². The lowest BCUT2D eigenvalue weighted by molar-refractivity contribution is 0.0973. The average Bonchev–Trinajstić information content (AvgIpc) is 3.09. The summed E-state index contributed by atoms with van der Waals surface area (Å²) in [5.74, 6) is 1.49. The molecule has 0 saturated carbocycles. The first-order valence-corrected chi connectivity index (χ1v) is 11.9. The molecule has 0 aliphatic carbocycles. The molecule has 5 rings (SSSR count). The van der Waals surface area contributed by atoms with E-state index in [-0.39, 0.29) is 31.6 Å². The van der Waals surface area contributed by atoms with E-state index in [1.54, 1.807) is 0 Å². The van der Waals surface area contributed by atoms with Gasteiger partial charge in [-0.3, -0.25) is 0 Å². The highest BCUT2D eigenvalue weighted by molar-refractivity contribution is 6.35. The van der Waals surface area contributed by atoms with Crippen LogP contribution >= 0.6 is 11.6 Å². The van der Waals surface area contributed by atoms with Gasteiger partial charge in [-0.05, 0) is 45.1 Å². The fourth-order valence-electron chi connectivity index (χ4n) is 5.36. The Labute approximate surface area is 201 Å². The Morgan fingerprint density at radius 3 is 2.70 bits per heavy atom. The summed E-state index contributed by atoms with van der Waals surface area (Å²) in [6.45, 7) is 6.84. The Kier molecular flexibility index (Phi) is 6.87. The summed E-state index contributed by atoms with van der Waals surface area (Å²) in [6.07, 6.45) is 3.95. The smallest absolute Gasteiger partial charge is 0.153 e. The van der Waals surface area contributed by atoms with Crippen LogP contribution in [0.3, 0.4) is 0 Å². The maximum atomic E-state index is 10.1. The number of rotatable bonds is 3. The third-order valence-corrected chi connectivity index (χ3v) is 7.82. The van der Waals surface area contributed by atoms with Gasteiger partial charge >= 0.3 is 0 Å². The Morgan fingerprint density at radius 1 is 1.27 bits per heavy atom. The van der Waals surface area contributed by atoms with Crippen LogP contribution < -0.4 is 15.4 Å². The predicted octanol–water partition coefficient (Wildman–Crippen LogP) is 3.89.